The Morgan fingerprint density at radius 1 is 1.11 bits per heavy atom. The summed E-state index contributed by atoms with van der Waals surface area (Å²) in [5, 5.41) is 0. The molecule has 0 aromatic heterocycles. The second-order valence-electron chi connectivity index (χ2n) is 4.89. The van der Waals surface area contributed by atoms with Crippen LogP contribution in [0.4, 0.5) is 4.39 Å². The van der Waals surface area contributed by atoms with E-state index in [1.54, 1.807) is 24.0 Å². The van der Waals surface area contributed by atoms with Gasteiger partial charge in [0, 0.05) is 18.7 Å². The van der Waals surface area contributed by atoms with Crippen LogP contribution in [0.15, 0.2) is 42.5 Å². The summed E-state index contributed by atoms with van der Waals surface area (Å²) in [4.78, 5) is 14.2. The van der Waals surface area contributed by atoms with Crippen molar-refractivity contribution >= 4 is 5.91 Å². The third kappa shape index (κ3) is 2.12. The van der Waals surface area contributed by atoms with Crippen molar-refractivity contribution in [3.63, 3.8) is 0 Å². The van der Waals surface area contributed by atoms with Gasteiger partial charge in [0.25, 0.3) is 5.91 Å². The molecule has 0 radical (unpaired) electrons. The van der Waals surface area contributed by atoms with Crippen LogP contribution in [0.3, 0.4) is 0 Å². The van der Waals surface area contributed by atoms with Crippen molar-refractivity contribution in [2.75, 3.05) is 0 Å². The zero-order chi connectivity index (χ0) is 13.4. The molecular formula is C16H14FNO. The Bertz CT molecular complexity index is 626. The molecule has 0 spiro atoms. The zero-order valence-electron chi connectivity index (χ0n) is 10.7. The van der Waals surface area contributed by atoms with Crippen molar-refractivity contribution in [3.8, 4) is 0 Å². The first-order valence-electron chi connectivity index (χ1n) is 6.27. The summed E-state index contributed by atoms with van der Waals surface area (Å²) in [6.07, 6.45) is 0. The van der Waals surface area contributed by atoms with Crippen LogP contribution in [-0.4, -0.2) is 10.8 Å². The number of amides is 1. The molecule has 0 saturated carbocycles. The predicted octanol–water partition coefficient (Wildman–Crippen LogP) is 3.29. The number of fused-ring (bicyclic) bond motifs is 1. The van der Waals surface area contributed by atoms with E-state index in [1.165, 1.54) is 17.2 Å². The lowest BCUT2D eigenvalue weighted by atomic mass is 10.1. The SMILES string of the molecule is Cc1cc(C(=O)N2Cc3ccccc3C2)ccc1F. The van der Waals surface area contributed by atoms with Crippen LogP contribution in [0.25, 0.3) is 0 Å². The fourth-order valence-corrected chi connectivity index (χ4v) is 2.44. The van der Waals surface area contributed by atoms with E-state index in [4.69, 9.17) is 0 Å². The molecule has 0 fully saturated rings. The lowest BCUT2D eigenvalue weighted by Crippen LogP contribution is -2.25. The molecule has 19 heavy (non-hydrogen) atoms. The van der Waals surface area contributed by atoms with Crippen molar-refractivity contribution < 1.29 is 9.18 Å². The van der Waals surface area contributed by atoms with Crippen LogP contribution in [0.1, 0.15) is 27.0 Å². The normalized spacial score (nSPS) is 13.5. The molecule has 0 saturated heterocycles. The van der Waals surface area contributed by atoms with Gasteiger partial charge >= 0.3 is 0 Å². The predicted molar refractivity (Wildman–Crippen MR) is 71.2 cm³/mol. The average Bonchev–Trinajstić information content (AvgIpc) is 2.85. The molecule has 96 valence electrons. The first-order chi connectivity index (χ1) is 9.15. The van der Waals surface area contributed by atoms with Gasteiger partial charge in [0.05, 0.1) is 0 Å². The Morgan fingerprint density at radius 2 is 1.74 bits per heavy atom. The third-order valence-corrected chi connectivity index (χ3v) is 3.53. The molecule has 1 amide bonds. The van der Waals surface area contributed by atoms with E-state index in [9.17, 15) is 9.18 Å². The van der Waals surface area contributed by atoms with Gasteiger partial charge in [-0.2, -0.15) is 0 Å². The summed E-state index contributed by atoms with van der Waals surface area (Å²) >= 11 is 0. The van der Waals surface area contributed by atoms with Gasteiger partial charge in [-0.1, -0.05) is 24.3 Å². The summed E-state index contributed by atoms with van der Waals surface area (Å²) < 4.78 is 13.2. The van der Waals surface area contributed by atoms with Gasteiger partial charge < -0.3 is 4.90 Å². The quantitative estimate of drug-likeness (QED) is 0.765. The molecule has 2 aromatic carbocycles. The average molecular weight is 255 g/mol. The maximum atomic E-state index is 13.2. The molecule has 2 nitrogen and oxygen atoms in total. The van der Waals surface area contributed by atoms with Crippen molar-refractivity contribution in [3.05, 3.63) is 70.5 Å². The smallest absolute Gasteiger partial charge is 0.254 e. The number of carbonyl (C=O) groups excluding carboxylic acids is 1. The van der Waals surface area contributed by atoms with Gasteiger partial charge in [-0.15, -0.1) is 0 Å². The molecule has 0 N–H and O–H groups in total. The standard InChI is InChI=1S/C16H14FNO/c1-11-8-12(6-7-15(11)17)16(19)18-9-13-4-2-3-5-14(13)10-18/h2-8H,9-10H2,1H3. The van der Waals surface area contributed by atoms with Crippen LogP contribution in [0.2, 0.25) is 0 Å². The summed E-state index contributed by atoms with van der Waals surface area (Å²) in [5.74, 6) is -0.319. The Kier molecular flexibility index (Phi) is 2.82. The van der Waals surface area contributed by atoms with Gasteiger partial charge in [0.1, 0.15) is 5.82 Å². The maximum Gasteiger partial charge on any atom is 0.254 e. The summed E-state index contributed by atoms with van der Waals surface area (Å²) in [6, 6.07) is 12.6. The third-order valence-electron chi connectivity index (χ3n) is 3.53. The van der Waals surface area contributed by atoms with E-state index in [2.05, 4.69) is 0 Å². The van der Waals surface area contributed by atoms with E-state index < -0.39 is 0 Å². The Balaban J connectivity index is 1.85. The van der Waals surface area contributed by atoms with E-state index in [1.807, 2.05) is 24.3 Å². The fraction of sp³-hybridized carbons (Fsp3) is 0.188. The highest BCUT2D eigenvalue weighted by Gasteiger charge is 2.23. The number of benzene rings is 2. The summed E-state index contributed by atoms with van der Waals surface area (Å²) in [5.41, 5.74) is 3.43. The monoisotopic (exact) mass is 255 g/mol. The van der Waals surface area contributed by atoms with Crippen LogP contribution in [0.5, 0.6) is 0 Å². The number of hydrogen-bond acceptors (Lipinski definition) is 1. The number of halogens is 1. The number of nitrogens with zero attached hydrogens (tertiary/aromatic N) is 1. The maximum absolute atomic E-state index is 13.2. The van der Waals surface area contributed by atoms with Gasteiger partial charge in [0.2, 0.25) is 0 Å². The Morgan fingerprint density at radius 3 is 2.32 bits per heavy atom. The first-order valence-corrected chi connectivity index (χ1v) is 6.27. The van der Waals surface area contributed by atoms with Crippen LogP contribution in [-0.2, 0) is 13.1 Å². The first kappa shape index (κ1) is 11.9. The second-order valence-corrected chi connectivity index (χ2v) is 4.89. The number of hydrogen-bond donors (Lipinski definition) is 0. The minimum Gasteiger partial charge on any atom is -0.330 e. The molecule has 0 unspecified atom stereocenters. The summed E-state index contributed by atoms with van der Waals surface area (Å²) in [7, 11) is 0. The topological polar surface area (TPSA) is 20.3 Å². The van der Waals surface area contributed by atoms with Gasteiger partial charge in [-0.25, -0.2) is 4.39 Å². The number of aryl methyl sites for hydroxylation is 1. The van der Waals surface area contributed by atoms with Gasteiger partial charge in [-0.3, -0.25) is 4.79 Å². The van der Waals surface area contributed by atoms with Crippen LogP contribution < -0.4 is 0 Å². The highest BCUT2D eigenvalue weighted by molar-refractivity contribution is 5.94. The Labute approximate surface area is 111 Å². The van der Waals surface area contributed by atoms with Crippen molar-refractivity contribution in [1.29, 1.82) is 0 Å². The molecule has 3 heteroatoms. The largest absolute Gasteiger partial charge is 0.330 e. The molecule has 1 aliphatic heterocycles. The fourth-order valence-electron chi connectivity index (χ4n) is 2.44. The molecule has 1 aliphatic rings. The molecular weight excluding hydrogens is 241 g/mol. The van der Waals surface area contributed by atoms with Crippen LogP contribution in [0, 0.1) is 12.7 Å². The molecule has 0 bridgehead atoms. The number of rotatable bonds is 1. The van der Waals surface area contributed by atoms with Gasteiger partial charge in [0.15, 0.2) is 0 Å². The van der Waals surface area contributed by atoms with Crippen molar-refractivity contribution in [2.24, 2.45) is 0 Å². The molecule has 3 rings (SSSR count). The van der Waals surface area contributed by atoms with E-state index in [0.29, 0.717) is 24.2 Å². The molecule has 0 aliphatic carbocycles. The number of carbonyl (C=O) groups is 1. The highest BCUT2D eigenvalue weighted by atomic mass is 19.1. The van der Waals surface area contributed by atoms with Crippen molar-refractivity contribution in [2.45, 2.75) is 20.0 Å². The van der Waals surface area contributed by atoms with E-state index >= 15 is 0 Å². The Hall–Kier alpha value is -2.16. The zero-order valence-corrected chi connectivity index (χ0v) is 10.7. The highest BCUT2D eigenvalue weighted by Crippen LogP contribution is 2.24. The van der Waals surface area contributed by atoms with E-state index in [-0.39, 0.29) is 11.7 Å². The molecule has 2 aromatic rings. The minimum atomic E-state index is -0.277. The lowest BCUT2D eigenvalue weighted by Gasteiger charge is -2.15. The molecule has 0 atom stereocenters. The van der Waals surface area contributed by atoms with Gasteiger partial charge in [-0.05, 0) is 41.8 Å². The minimum absolute atomic E-state index is 0.0423. The van der Waals surface area contributed by atoms with E-state index in [0.717, 1.165) is 0 Å². The molecule has 1 heterocycles. The lowest BCUT2D eigenvalue weighted by molar-refractivity contribution is 0.0751. The second kappa shape index (κ2) is 4.50. The van der Waals surface area contributed by atoms with Crippen molar-refractivity contribution in [1.82, 2.24) is 4.90 Å². The summed E-state index contributed by atoms with van der Waals surface area (Å²) in [6.45, 7) is 2.93. The van der Waals surface area contributed by atoms with Crippen LogP contribution >= 0.6 is 0 Å².